The molecule has 0 spiro atoms. The maximum absolute atomic E-state index is 5.83. The van der Waals surface area contributed by atoms with Crippen molar-refractivity contribution in [3.63, 3.8) is 0 Å². The molecular formula is C12H15N5O. The molecule has 2 aromatic rings. The Labute approximate surface area is 105 Å². The van der Waals surface area contributed by atoms with E-state index in [1.807, 2.05) is 24.3 Å². The fourth-order valence-corrected chi connectivity index (χ4v) is 1.63. The lowest BCUT2D eigenvalue weighted by molar-refractivity contribution is 0.414. The summed E-state index contributed by atoms with van der Waals surface area (Å²) >= 11 is 0. The predicted molar refractivity (Wildman–Crippen MR) is 71.1 cm³/mol. The number of rotatable bonds is 3. The van der Waals surface area contributed by atoms with E-state index < -0.39 is 0 Å². The Kier molecular flexibility index (Phi) is 3.18. The van der Waals surface area contributed by atoms with E-state index in [1.165, 1.54) is 0 Å². The minimum absolute atomic E-state index is 0.130. The maximum Gasteiger partial charge on any atom is 0.222 e. The van der Waals surface area contributed by atoms with Crippen molar-refractivity contribution in [1.29, 1.82) is 0 Å². The van der Waals surface area contributed by atoms with E-state index in [0.717, 1.165) is 11.3 Å². The topological polar surface area (TPSA) is 113 Å². The van der Waals surface area contributed by atoms with Gasteiger partial charge in [0, 0.05) is 6.42 Å². The minimum atomic E-state index is 0.130. The number of aromatic nitrogens is 2. The van der Waals surface area contributed by atoms with Gasteiger partial charge in [0.05, 0.1) is 18.5 Å². The van der Waals surface area contributed by atoms with Gasteiger partial charge in [-0.25, -0.2) is 4.98 Å². The molecule has 0 bridgehead atoms. The fourth-order valence-electron chi connectivity index (χ4n) is 1.63. The zero-order valence-electron chi connectivity index (χ0n) is 10.1. The summed E-state index contributed by atoms with van der Waals surface area (Å²) in [4.78, 5) is 7.90. The van der Waals surface area contributed by atoms with Gasteiger partial charge in [-0.3, -0.25) is 0 Å². The molecule has 6 heteroatoms. The van der Waals surface area contributed by atoms with Crippen LogP contribution in [-0.4, -0.2) is 17.1 Å². The predicted octanol–water partition coefficient (Wildman–Crippen LogP) is 0.823. The second kappa shape index (κ2) is 4.79. The first-order chi connectivity index (χ1) is 8.60. The first-order valence-electron chi connectivity index (χ1n) is 5.40. The fraction of sp³-hybridized carbons (Fsp3) is 0.167. The molecule has 18 heavy (non-hydrogen) atoms. The van der Waals surface area contributed by atoms with Crippen LogP contribution < -0.4 is 21.9 Å². The smallest absolute Gasteiger partial charge is 0.222 e. The molecule has 6 N–H and O–H groups in total. The maximum atomic E-state index is 5.83. The van der Waals surface area contributed by atoms with Crippen molar-refractivity contribution in [3.05, 3.63) is 35.5 Å². The van der Waals surface area contributed by atoms with Crippen LogP contribution in [0, 0.1) is 0 Å². The summed E-state index contributed by atoms with van der Waals surface area (Å²) in [5.74, 6) is 1.14. The second-order valence-corrected chi connectivity index (χ2v) is 3.85. The third-order valence-electron chi connectivity index (χ3n) is 2.60. The summed E-state index contributed by atoms with van der Waals surface area (Å²) in [6.45, 7) is 0. The van der Waals surface area contributed by atoms with Crippen molar-refractivity contribution >= 4 is 17.5 Å². The van der Waals surface area contributed by atoms with Crippen LogP contribution in [0.4, 0.5) is 17.5 Å². The van der Waals surface area contributed by atoms with E-state index in [4.69, 9.17) is 21.9 Å². The van der Waals surface area contributed by atoms with Gasteiger partial charge in [0.15, 0.2) is 5.82 Å². The summed E-state index contributed by atoms with van der Waals surface area (Å²) in [6.07, 6.45) is 0.548. The van der Waals surface area contributed by atoms with Crippen LogP contribution in [-0.2, 0) is 6.42 Å². The number of nitrogens with two attached hydrogens (primary N) is 3. The van der Waals surface area contributed by atoms with Crippen LogP contribution in [0.3, 0.4) is 0 Å². The monoisotopic (exact) mass is 245 g/mol. The van der Waals surface area contributed by atoms with Crippen molar-refractivity contribution in [3.8, 4) is 5.75 Å². The third kappa shape index (κ3) is 2.42. The molecule has 0 saturated heterocycles. The number of nitrogen functional groups attached to an aromatic ring is 3. The largest absolute Gasteiger partial charge is 0.497 e. The highest BCUT2D eigenvalue weighted by atomic mass is 16.5. The lowest BCUT2D eigenvalue weighted by atomic mass is 10.1. The van der Waals surface area contributed by atoms with Crippen LogP contribution in [0.1, 0.15) is 11.3 Å². The first-order valence-corrected chi connectivity index (χ1v) is 5.40. The SMILES string of the molecule is COc1ccc(Cc2nc(N)nc(N)c2N)cc1. The van der Waals surface area contributed by atoms with Crippen molar-refractivity contribution < 1.29 is 4.74 Å². The molecule has 0 unspecified atom stereocenters. The van der Waals surface area contributed by atoms with Gasteiger partial charge in [-0.05, 0) is 17.7 Å². The van der Waals surface area contributed by atoms with Crippen molar-refractivity contribution in [2.24, 2.45) is 0 Å². The van der Waals surface area contributed by atoms with Gasteiger partial charge >= 0.3 is 0 Å². The Morgan fingerprint density at radius 3 is 2.33 bits per heavy atom. The van der Waals surface area contributed by atoms with Gasteiger partial charge in [-0.2, -0.15) is 4.98 Å². The number of hydrogen-bond acceptors (Lipinski definition) is 6. The molecule has 0 aliphatic carbocycles. The number of ether oxygens (including phenoxy) is 1. The molecule has 94 valence electrons. The average molecular weight is 245 g/mol. The molecule has 0 aliphatic rings. The molecule has 1 aromatic carbocycles. The number of benzene rings is 1. The summed E-state index contributed by atoms with van der Waals surface area (Å²) in [6, 6.07) is 7.62. The minimum Gasteiger partial charge on any atom is -0.497 e. The Balaban J connectivity index is 2.27. The average Bonchev–Trinajstić information content (AvgIpc) is 2.36. The lowest BCUT2D eigenvalue weighted by Gasteiger charge is -2.08. The molecular weight excluding hydrogens is 230 g/mol. The van der Waals surface area contributed by atoms with E-state index in [9.17, 15) is 0 Å². The highest BCUT2D eigenvalue weighted by Gasteiger charge is 2.08. The van der Waals surface area contributed by atoms with Gasteiger partial charge in [-0.1, -0.05) is 12.1 Å². The highest BCUT2D eigenvalue weighted by molar-refractivity contribution is 5.63. The molecule has 6 nitrogen and oxygen atoms in total. The standard InChI is InChI=1S/C12H15N5O/c1-18-8-4-2-7(3-5-8)6-9-10(13)11(14)17-12(15)16-9/h2-5H,6,13H2,1H3,(H4,14,15,16,17). The van der Waals surface area contributed by atoms with Crippen LogP contribution in [0.25, 0.3) is 0 Å². The molecule has 0 amide bonds. The molecule has 0 saturated carbocycles. The molecule has 1 aromatic heterocycles. The van der Waals surface area contributed by atoms with Gasteiger partial charge < -0.3 is 21.9 Å². The summed E-state index contributed by atoms with van der Waals surface area (Å²) in [5.41, 5.74) is 19.1. The number of nitrogens with zero attached hydrogens (tertiary/aromatic N) is 2. The van der Waals surface area contributed by atoms with Crippen molar-refractivity contribution in [2.75, 3.05) is 24.3 Å². The lowest BCUT2D eigenvalue weighted by Crippen LogP contribution is -2.09. The molecule has 0 radical (unpaired) electrons. The normalized spacial score (nSPS) is 10.3. The highest BCUT2D eigenvalue weighted by Crippen LogP contribution is 2.21. The number of methoxy groups -OCH3 is 1. The van der Waals surface area contributed by atoms with Gasteiger partial charge in [0.2, 0.25) is 5.95 Å². The Bertz CT molecular complexity index is 553. The van der Waals surface area contributed by atoms with E-state index in [2.05, 4.69) is 9.97 Å². The van der Waals surface area contributed by atoms with Crippen LogP contribution in [0.15, 0.2) is 24.3 Å². The third-order valence-corrected chi connectivity index (χ3v) is 2.60. The zero-order chi connectivity index (χ0) is 13.1. The second-order valence-electron chi connectivity index (χ2n) is 3.85. The van der Waals surface area contributed by atoms with Crippen LogP contribution in [0.2, 0.25) is 0 Å². The summed E-state index contributed by atoms with van der Waals surface area (Å²) in [5, 5.41) is 0. The van der Waals surface area contributed by atoms with Crippen LogP contribution >= 0.6 is 0 Å². The van der Waals surface area contributed by atoms with Crippen molar-refractivity contribution in [1.82, 2.24) is 9.97 Å². The number of hydrogen-bond donors (Lipinski definition) is 3. The molecule has 2 rings (SSSR count). The quantitative estimate of drug-likeness (QED) is 0.737. The zero-order valence-corrected chi connectivity index (χ0v) is 10.1. The molecule has 0 atom stereocenters. The van der Waals surface area contributed by atoms with E-state index >= 15 is 0 Å². The Morgan fingerprint density at radius 2 is 1.72 bits per heavy atom. The van der Waals surface area contributed by atoms with Gasteiger partial charge in [-0.15, -0.1) is 0 Å². The molecule has 0 aliphatic heterocycles. The molecule has 1 heterocycles. The first kappa shape index (κ1) is 12.0. The van der Waals surface area contributed by atoms with Crippen LogP contribution in [0.5, 0.6) is 5.75 Å². The summed E-state index contributed by atoms with van der Waals surface area (Å²) in [7, 11) is 1.62. The number of anilines is 3. The van der Waals surface area contributed by atoms with Gasteiger partial charge in [0.1, 0.15) is 5.75 Å². The summed E-state index contributed by atoms with van der Waals surface area (Å²) < 4.78 is 5.09. The Hall–Kier alpha value is -2.50. The van der Waals surface area contributed by atoms with E-state index in [-0.39, 0.29) is 11.8 Å². The van der Waals surface area contributed by atoms with E-state index in [1.54, 1.807) is 7.11 Å². The molecule has 0 fully saturated rings. The van der Waals surface area contributed by atoms with Gasteiger partial charge in [0.25, 0.3) is 0 Å². The Morgan fingerprint density at radius 1 is 1.06 bits per heavy atom. The van der Waals surface area contributed by atoms with E-state index in [0.29, 0.717) is 17.8 Å². The van der Waals surface area contributed by atoms with Crippen molar-refractivity contribution in [2.45, 2.75) is 6.42 Å².